The molecule has 0 spiro atoms. The molecule has 1 atom stereocenters. The Morgan fingerprint density at radius 1 is 1.29 bits per heavy atom. The number of hydrogen-bond acceptors (Lipinski definition) is 2. The predicted octanol–water partition coefficient (Wildman–Crippen LogP) is 2.84. The Morgan fingerprint density at radius 2 is 2.12 bits per heavy atom. The molecule has 2 nitrogen and oxygen atoms in total. The Hall–Kier alpha value is -1.47. The zero-order valence-electron chi connectivity index (χ0n) is 9.50. The minimum absolute atomic E-state index is 0.100. The monoisotopic (exact) mass is 236 g/mol. The van der Waals surface area contributed by atoms with Crippen molar-refractivity contribution in [2.75, 3.05) is 6.54 Å². The van der Waals surface area contributed by atoms with Gasteiger partial charge in [-0.1, -0.05) is 6.07 Å². The van der Waals surface area contributed by atoms with E-state index in [1.165, 1.54) is 6.07 Å². The van der Waals surface area contributed by atoms with Crippen LogP contribution in [0.3, 0.4) is 0 Å². The van der Waals surface area contributed by atoms with Crippen LogP contribution in [-0.4, -0.2) is 17.5 Å². The summed E-state index contributed by atoms with van der Waals surface area (Å²) in [6.45, 7) is 1.35. The standard InChI is InChI=1S/C13H14F2N2/c14-12-5-4-10(7-13(12)15)9-17-6-2-1-3-11(17)8-16/h4-5,7,11H,1-3,6,9H2. The largest absolute Gasteiger partial charge is 0.284 e. The molecule has 0 amide bonds. The highest BCUT2D eigenvalue weighted by molar-refractivity contribution is 5.18. The fraction of sp³-hybridized carbons (Fsp3) is 0.462. The molecule has 1 saturated heterocycles. The lowest BCUT2D eigenvalue weighted by atomic mass is 10.0. The van der Waals surface area contributed by atoms with Crippen molar-refractivity contribution < 1.29 is 8.78 Å². The molecule has 1 fully saturated rings. The van der Waals surface area contributed by atoms with E-state index in [-0.39, 0.29) is 6.04 Å². The molecule has 0 bridgehead atoms. The molecule has 0 aliphatic carbocycles. The number of nitriles is 1. The molecule has 0 saturated carbocycles. The van der Waals surface area contributed by atoms with Crippen LogP contribution in [0.2, 0.25) is 0 Å². The predicted molar refractivity (Wildman–Crippen MR) is 60.0 cm³/mol. The SMILES string of the molecule is N#CC1CCCCN1Cc1ccc(F)c(F)c1. The van der Waals surface area contributed by atoms with Crippen molar-refractivity contribution in [2.45, 2.75) is 31.8 Å². The summed E-state index contributed by atoms with van der Waals surface area (Å²) < 4.78 is 25.8. The van der Waals surface area contributed by atoms with Crippen LogP contribution in [-0.2, 0) is 6.54 Å². The average Bonchev–Trinajstić information content (AvgIpc) is 2.34. The van der Waals surface area contributed by atoms with Gasteiger partial charge in [0.2, 0.25) is 0 Å². The highest BCUT2D eigenvalue weighted by Crippen LogP contribution is 2.19. The average molecular weight is 236 g/mol. The van der Waals surface area contributed by atoms with E-state index in [9.17, 15) is 8.78 Å². The topological polar surface area (TPSA) is 27.0 Å². The summed E-state index contributed by atoms with van der Waals surface area (Å²) in [5.74, 6) is -1.66. The summed E-state index contributed by atoms with van der Waals surface area (Å²) >= 11 is 0. The van der Waals surface area contributed by atoms with E-state index in [0.717, 1.165) is 31.9 Å². The van der Waals surface area contributed by atoms with Gasteiger partial charge in [0.05, 0.1) is 12.1 Å². The van der Waals surface area contributed by atoms with Gasteiger partial charge < -0.3 is 0 Å². The third-order valence-corrected chi connectivity index (χ3v) is 3.13. The van der Waals surface area contributed by atoms with Gasteiger partial charge in [-0.25, -0.2) is 8.78 Å². The zero-order valence-corrected chi connectivity index (χ0v) is 9.50. The Bertz CT molecular complexity index is 440. The quantitative estimate of drug-likeness (QED) is 0.789. The molecule has 1 heterocycles. The highest BCUT2D eigenvalue weighted by Gasteiger charge is 2.22. The van der Waals surface area contributed by atoms with Crippen LogP contribution in [0.4, 0.5) is 8.78 Å². The van der Waals surface area contributed by atoms with Gasteiger partial charge in [0, 0.05) is 6.54 Å². The minimum Gasteiger partial charge on any atom is -0.284 e. The first kappa shape index (κ1) is 12.0. The molecule has 4 heteroatoms. The molecule has 17 heavy (non-hydrogen) atoms. The molecular formula is C13H14F2N2. The van der Waals surface area contributed by atoms with E-state index in [4.69, 9.17) is 5.26 Å². The third kappa shape index (κ3) is 2.80. The van der Waals surface area contributed by atoms with Gasteiger partial charge in [-0.2, -0.15) is 5.26 Å². The van der Waals surface area contributed by atoms with Crippen molar-refractivity contribution in [1.29, 1.82) is 5.26 Å². The third-order valence-electron chi connectivity index (χ3n) is 3.13. The van der Waals surface area contributed by atoms with Gasteiger partial charge in [0.1, 0.15) is 0 Å². The maximum Gasteiger partial charge on any atom is 0.159 e. The van der Waals surface area contributed by atoms with Gasteiger partial charge >= 0.3 is 0 Å². The van der Waals surface area contributed by atoms with Gasteiger partial charge in [-0.3, -0.25) is 4.90 Å². The molecule has 0 radical (unpaired) electrons. The first-order chi connectivity index (χ1) is 8.20. The lowest BCUT2D eigenvalue weighted by molar-refractivity contribution is 0.176. The fourth-order valence-electron chi connectivity index (χ4n) is 2.20. The maximum absolute atomic E-state index is 13.1. The summed E-state index contributed by atoms with van der Waals surface area (Å²) in [5, 5.41) is 9.01. The molecule has 1 aliphatic heterocycles. The van der Waals surface area contributed by atoms with Crippen LogP contribution in [0.25, 0.3) is 0 Å². The zero-order chi connectivity index (χ0) is 12.3. The van der Waals surface area contributed by atoms with E-state index in [1.807, 2.05) is 4.90 Å². The molecule has 90 valence electrons. The highest BCUT2D eigenvalue weighted by atomic mass is 19.2. The summed E-state index contributed by atoms with van der Waals surface area (Å²) in [4.78, 5) is 2.02. The van der Waals surface area contributed by atoms with Crippen molar-refractivity contribution in [3.63, 3.8) is 0 Å². The fourth-order valence-corrected chi connectivity index (χ4v) is 2.20. The van der Waals surface area contributed by atoms with E-state index in [1.54, 1.807) is 6.07 Å². The molecule has 0 aromatic heterocycles. The second kappa shape index (κ2) is 5.24. The lowest BCUT2D eigenvalue weighted by Gasteiger charge is -2.31. The summed E-state index contributed by atoms with van der Waals surface area (Å²) in [7, 11) is 0. The van der Waals surface area contributed by atoms with E-state index >= 15 is 0 Å². The van der Waals surface area contributed by atoms with Gasteiger partial charge in [0.15, 0.2) is 11.6 Å². The smallest absolute Gasteiger partial charge is 0.159 e. The lowest BCUT2D eigenvalue weighted by Crippen LogP contribution is -2.37. The molecular weight excluding hydrogens is 222 g/mol. The number of halogens is 2. The molecule has 1 aromatic rings. The number of rotatable bonds is 2. The van der Waals surface area contributed by atoms with Crippen molar-refractivity contribution in [1.82, 2.24) is 4.90 Å². The Balaban J connectivity index is 2.09. The van der Waals surface area contributed by atoms with Gasteiger partial charge in [-0.05, 0) is 43.5 Å². The Labute approximate surface area is 99.5 Å². The summed E-state index contributed by atoms with van der Waals surface area (Å²) in [5.41, 5.74) is 0.714. The molecule has 1 unspecified atom stereocenters. The Morgan fingerprint density at radius 3 is 2.82 bits per heavy atom. The normalized spacial score (nSPS) is 21.1. The van der Waals surface area contributed by atoms with Crippen molar-refractivity contribution in [3.8, 4) is 6.07 Å². The first-order valence-corrected chi connectivity index (χ1v) is 5.78. The number of hydrogen-bond donors (Lipinski definition) is 0. The van der Waals surface area contributed by atoms with E-state index in [2.05, 4.69) is 6.07 Å². The molecule has 0 N–H and O–H groups in total. The van der Waals surface area contributed by atoms with E-state index < -0.39 is 11.6 Å². The summed E-state index contributed by atoms with van der Waals surface area (Å²) in [6, 6.07) is 6.07. The minimum atomic E-state index is -0.829. The van der Waals surface area contributed by atoms with Gasteiger partial charge in [0.25, 0.3) is 0 Å². The Kier molecular flexibility index (Phi) is 3.70. The number of likely N-dealkylation sites (tertiary alicyclic amines) is 1. The molecule has 2 rings (SSSR count). The molecule has 1 aliphatic rings. The summed E-state index contributed by atoms with van der Waals surface area (Å²) in [6.07, 6.45) is 2.98. The van der Waals surface area contributed by atoms with Crippen LogP contribution in [0, 0.1) is 23.0 Å². The second-order valence-corrected chi connectivity index (χ2v) is 4.36. The number of nitrogens with zero attached hydrogens (tertiary/aromatic N) is 2. The van der Waals surface area contributed by atoms with E-state index in [0.29, 0.717) is 12.1 Å². The van der Waals surface area contributed by atoms with Crippen LogP contribution < -0.4 is 0 Å². The van der Waals surface area contributed by atoms with Crippen molar-refractivity contribution in [3.05, 3.63) is 35.4 Å². The van der Waals surface area contributed by atoms with Crippen LogP contribution in [0.15, 0.2) is 18.2 Å². The van der Waals surface area contributed by atoms with Crippen LogP contribution >= 0.6 is 0 Å². The van der Waals surface area contributed by atoms with Crippen molar-refractivity contribution >= 4 is 0 Å². The maximum atomic E-state index is 13.1. The van der Waals surface area contributed by atoms with Crippen LogP contribution in [0.1, 0.15) is 24.8 Å². The number of piperidine rings is 1. The second-order valence-electron chi connectivity index (χ2n) is 4.36. The number of benzene rings is 1. The van der Waals surface area contributed by atoms with Gasteiger partial charge in [-0.15, -0.1) is 0 Å². The van der Waals surface area contributed by atoms with Crippen molar-refractivity contribution in [2.24, 2.45) is 0 Å². The van der Waals surface area contributed by atoms with Crippen LogP contribution in [0.5, 0.6) is 0 Å². The molecule has 1 aromatic carbocycles. The first-order valence-electron chi connectivity index (χ1n) is 5.78.